The van der Waals surface area contributed by atoms with Gasteiger partial charge in [-0.2, -0.15) is 0 Å². The number of halogens is 1. The quantitative estimate of drug-likeness (QED) is 0.842. The van der Waals surface area contributed by atoms with Crippen LogP contribution in [-0.4, -0.2) is 22.9 Å². The van der Waals surface area contributed by atoms with Gasteiger partial charge in [-0.15, -0.1) is 0 Å². The highest BCUT2D eigenvalue weighted by atomic mass is 19.1. The summed E-state index contributed by atoms with van der Waals surface area (Å²) in [4.78, 5) is 0. The zero-order valence-corrected chi connectivity index (χ0v) is 13.1. The Balaban J connectivity index is 2.83. The number of rotatable bonds is 6. The van der Waals surface area contributed by atoms with E-state index in [9.17, 15) is 9.50 Å². The lowest BCUT2D eigenvalue weighted by Gasteiger charge is -2.24. The number of benzene rings is 1. The maximum atomic E-state index is 13.9. The van der Waals surface area contributed by atoms with E-state index >= 15 is 0 Å². The molecule has 0 amide bonds. The largest absolute Gasteiger partial charge is 0.487 e. The Morgan fingerprint density at radius 3 is 2.45 bits per heavy atom. The van der Waals surface area contributed by atoms with E-state index in [1.165, 1.54) is 6.07 Å². The van der Waals surface area contributed by atoms with Crippen molar-refractivity contribution in [3.63, 3.8) is 0 Å². The SMILES string of the molecule is CCC(C)(O)COc1c(F)cccc1CNC(C)(C)C. The summed E-state index contributed by atoms with van der Waals surface area (Å²) in [5, 5.41) is 13.3. The van der Waals surface area contributed by atoms with Gasteiger partial charge < -0.3 is 15.2 Å². The molecule has 2 N–H and O–H groups in total. The Morgan fingerprint density at radius 2 is 1.90 bits per heavy atom. The molecule has 1 aromatic carbocycles. The minimum absolute atomic E-state index is 0.0570. The Hall–Kier alpha value is -1.13. The first kappa shape index (κ1) is 16.9. The first-order valence-corrected chi connectivity index (χ1v) is 7.02. The molecule has 20 heavy (non-hydrogen) atoms. The molecule has 0 fully saturated rings. The number of aliphatic hydroxyl groups is 1. The smallest absolute Gasteiger partial charge is 0.165 e. The Labute approximate surface area is 121 Å². The molecule has 3 nitrogen and oxygen atoms in total. The third kappa shape index (κ3) is 5.47. The fraction of sp³-hybridized carbons (Fsp3) is 0.625. The van der Waals surface area contributed by atoms with Crippen molar-refractivity contribution in [1.82, 2.24) is 5.32 Å². The second-order valence-electron chi connectivity index (χ2n) is 6.47. The fourth-order valence-electron chi connectivity index (χ4n) is 1.54. The molecule has 0 heterocycles. The van der Waals surface area contributed by atoms with Gasteiger partial charge in [0.1, 0.15) is 6.61 Å². The van der Waals surface area contributed by atoms with Crippen molar-refractivity contribution in [1.29, 1.82) is 0 Å². The molecule has 1 unspecified atom stereocenters. The van der Waals surface area contributed by atoms with Crippen LogP contribution < -0.4 is 10.1 Å². The van der Waals surface area contributed by atoms with E-state index in [4.69, 9.17) is 4.74 Å². The van der Waals surface area contributed by atoms with Gasteiger partial charge in [-0.3, -0.25) is 0 Å². The monoisotopic (exact) mass is 283 g/mol. The molecule has 0 aliphatic carbocycles. The Kier molecular flexibility index (Phi) is 5.54. The number of ether oxygens (including phenoxy) is 1. The van der Waals surface area contributed by atoms with Crippen LogP contribution in [0, 0.1) is 5.82 Å². The van der Waals surface area contributed by atoms with E-state index in [0.717, 1.165) is 5.56 Å². The molecule has 0 saturated carbocycles. The van der Waals surface area contributed by atoms with Crippen LogP contribution in [-0.2, 0) is 6.54 Å². The molecule has 0 spiro atoms. The van der Waals surface area contributed by atoms with Crippen LogP contribution in [0.1, 0.15) is 46.6 Å². The van der Waals surface area contributed by atoms with Gasteiger partial charge in [0, 0.05) is 17.6 Å². The van der Waals surface area contributed by atoms with Crippen molar-refractivity contribution in [3.05, 3.63) is 29.6 Å². The zero-order chi connectivity index (χ0) is 15.4. The topological polar surface area (TPSA) is 41.5 Å². The maximum Gasteiger partial charge on any atom is 0.165 e. The molecule has 0 aromatic heterocycles. The van der Waals surface area contributed by atoms with Gasteiger partial charge in [0.05, 0.1) is 5.60 Å². The minimum atomic E-state index is -0.947. The molecule has 1 aromatic rings. The Bertz CT molecular complexity index is 439. The third-order valence-corrected chi connectivity index (χ3v) is 3.15. The van der Waals surface area contributed by atoms with E-state index in [1.807, 2.05) is 13.0 Å². The summed E-state index contributed by atoms with van der Waals surface area (Å²) >= 11 is 0. The van der Waals surface area contributed by atoms with Crippen LogP contribution in [0.25, 0.3) is 0 Å². The highest BCUT2D eigenvalue weighted by molar-refractivity contribution is 5.35. The van der Waals surface area contributed by atoms with E-state index in [1.54, 1.807) is 13.0 Å². The van der Waals surface area contributed by atoms with Crippen molar-refractivity contribution in [2.24, 2.45) is 0 Å². The average Bonchev–Trinajstić information content (AvgIpc) is 2.34. The molecule has 0 bridgehead atoms. The fourth-order valence-corrected chi connectivity index (χ4v) is 1.54. The van der Waals surface area contributed by atoms with E-state index in [-0.39, 0.29) is 17.9 Å². The van der Waals surface area contributed by atoms with E-state index < -0.39 is 11.4 Å². The van der Waals surface area contributed by atoms with Gasteiger partial charge in [-0.25, -0.2) is 4.39 Å². The van der Waals surface area contributed by atoms with Crippen LogP contribution in [0.2, 0.25) is 0 Å². The van der Waals surface area contributed by atoms with Crippen molar-refractivity contribution in [3.8, 4) is 5.75 Å². The van der Waals surface area contributed by atoms with Crippen molar-refractivity contribution in [2.45, 2.75) is 58.7 Å². The van der Waals surface area contributed by atoms with Gasteiger partial charge in [0.2, 0.25) is 0 Å². The number of hydrogen-bond acceptors (Lipinski definition) is 3. The second kappa shape index (κ2) is 6.55. The highest BCUT2D eigenvalue weighted by Crippen LogP contribution is 2.24. The van der Waals surface area contributed by atoms with Crippen LogP contribution in [0.4, 0.5) is 4.39 Å². The molecular weight excluding hydrogens is 257 g/mol. The third-order valence-electron chi connectivity index (χ3n) is 3.15. The number of hydrogen-bond donors (Lipinski definition) is 2. The molecule has 0 aliphatic heterocycles. The van der Waals surface area contributed by atoms with Gasteiger partial charge in [-0.05, 0) is 40.2 Å². The molecular formula is C16H26FNO2. The summed E-state index contributed by atoms with van der Waals surface area (Å²) in [5.41, 5.74) is -0.248. The lowest BCUT2D eigenvalue weighted by molar-refractivity contribution is 0.00697. The second-order valence-corrected chi connectivity index (χ2v) is 6.47. The average molecular weight is 283 g/mol. The summed E-state index contributed by atoms with van der Waals surface area (Å²) in [6.07, 6.45) is 0.553. The normalized spacial score (nSPS) is 14.9. The molecule has 0 saturated heterocycles. The predicted molar refractivity (Wildman–Crippen MR) is 79.4 cm³/mol. The Morgan fingerprint density at radius 1 is 1.25 bits per heavy atom. The van der Waals surface area contributed by atoms with Crippen molar-refractivity contribution >= 4 is 0 Å². The first-order valence-electron chi connectivity index (χ1n) is 7.02. The lowest BCUT2D eigenvalue weighted by Crippen LogP contribution is -2.35. The molecule has 4 heteroatoms. The van der Waals surface area contributed by atoms with Gasteiger partial charge in [0.25, 0.3) is 0 Å². The van der Waals surface area contributed by atoms with E-state index in [2.05, 4.69) is 26.1 Å². The summed E-state index contributed by atoms with van der Waals surface area (Å²) in [5.74, 6) is -0.178. The molecule has 0 aliphatic rings. The minimum Gasteiger partial charge on any atom is -0.487 e. The van der Waals surface area contributed by atoms with Crippen molar-refractivity contribution in [2.75, 3.05) is 6.61 Å². The highest BCUT2D eigenvalue weighted by Gasteiger charge is 2.21. The lowest BCUT2D eigenvalue weighted by atomic mass is 10.1. The molecule has 1 rings (SSSR count). The summed E-state index contributed by atoms with van der Waals surface area (Å²) in [7, 11) is 0. The summed E-state index contributed by atoms with van der Waals surface area (Å²) < 4.78 is 19.4. The first-order chi connectivity index (χ1) is 9.14. The van der Waals surface area contributed by atoms with Gasteiger partial charge in [0.15, 0.2) is 11.6 Å². The van der Waals surface area contributed by atoms with Crippen LogP contribution >= 0.6 is 0 Å². The van der Waals surface area contributed by atoms with E-state index in [0.29, 0.717) is 13.0 Å². The zero-order valence-electron chi connectivity index (χ0n) is 13.1. The summed E-state index contributed by atoms with van der Waals surface area (Å²) in [6.45, 7) is 10.3. The maximum absolute atomic E-state index is 13.9. The standard InChI is InChI=1S/C16H26FNO2/c1-6-16(5,19)11-20-14-12(8-7-9-13(14)17)10-18-15(2,3)4/h7-9,18-19H,6,10-11H2,1-5H3. The van der Waals surface area contributed by atoms with Crippen LogP contribution in [0.5, 0.6) is 5.75 Å². The number of para-hydroxylation sites is 1. The molecule has 0 radical (unpaired) electrons. The van der Waals surface area contributed by atoms with Crippen molar-refractivity contribution < 1.29 is 14.2 Å². The number of nitrogens with one attached hydrogen (secondary N) is 1. The summed E-state index contributed by atoms with van der Waals surface area (Å²) in [6, 6.07) is 4.87. The van der Waals surface area contributed by atoms with Crippen LogP contribution in [0.3, 0.4) is 0 Å². The van der Waals surface area contributed by atoms with Gasteiger partial charge >= 0.3 is 0 Å². The molecule has 114 valence electrons. The molecule has 1 atom stereocenters. The van der Waals surface area contributed by atoms with Gasteiger partial charge in [-0.1, -0.05) is 19.1 Å². The predicted octanol–water partition coefficient (Wildman–Crippen LogP) is 3.25. The van der Waals surface area contributed by atoms with Crippen LogP contribution in [0.15, 0.2) is 18.2 Å².